The molecule has 2 rings (SSSR count). The van der Waals surface area contributed by atoms with Gasteiger partial charge in [0.25, 0.3) is 0 Å². The van der Waals surface area contributed by atoms with E-state index in [1.807, 2.05) is 0 Å². The first-order chi connectivity index (χ1) is 7.34. The van der Waals surface area contributed by atoms with Crippen LogP contribution in [0.3, 0.4) is 0 Å². The third-order valence-corrected chi connectivity index (χ3v) is 1.68. The summed E-state index contributed by atoms with van der Waals surface area (Å²) in [5.74, 6) is 0.981. The van der Waals surface area contributed by atoms with Crippen molar-refractivity contribution in [3.63, 3.8) is 0 Å². The summed E-state index contributed by atoms with van der Waals surface area (Å²) in [7, 11) is 0. The molecule has 2 aromatic rings. The molecule has 6 nitrogen and oxygen atoms in total. The van der Waals surface area contributed by atoms with Gasteiger partial charge < -0.3 is 14.3 Å². The number of hydrogen-bond donors (Lipinski definition) is 2. The average Bonchev–Trinajstić information content (AvgIpc) is 2.86. The third kappa shape index (κ3) is 2.60. The highest BCUT2D eigenvalue weighted by atomic mass is 16.5. The van der Waals surface area contributed by atoms with Crippen LogP contribution in [0.5, 0.6) is 0 Å². The van der Waals surface area contributed by atoms with Crippen molar-refractivity contribution in [2.45, 2.75) is 6.54 Å². The van der Waals surface area contributed by atoms with Crippen molar-refractivity contribution in [1.82, 2.24) is 10.5 Å². The molecule has 0 aliphatic carbocycles. The van der Waals surface area contributed by atoms with Gasteiger partial charge in [0.2, 0.25) is 5.88 Å². The summed E-state index contributed by atoms with van der Waals surface area (Å²) in [6.45, 7) is 0.326. The second kappa shape index (κ2) is 4.32. The molecule has 0 spiro atoms. The number of anilines is 1. The van der Waals surface area contributed by atoms with E-state index in [0.29, 0.717) is 18.2 Å². The fourth-order valence-electron chi connectivity index (χ4n) is 1.02. The smallest absolute Gasteiger partial charge is 0.322 e. The molecule has 0 aromatic carbocycles. The fraction of sp³-hybridized carbons (Fsp3) is 0.111. The predicted octanol–water partition coefficient (Wildman–Crippen LogP) is 1.59. The number of hydrogen-bond acceptors (Lipinski definition) is 4. The Kier molecular flexibility index (Phi) is 2.68. The molecule has 15 heavy (non-hydrogen) atoms. The number of carbonyl (C=O) groups excluding carboxylic acids is 1. The molecule has 0 bridgehead atoms. The predicted molar refractivity (Wildman–Crippen MR) is 51.1 cm³/mol. The number of furan rings is 1. The Morgan fingerprint density at radius 1 is 1.47 bits per heavy atom. The minimum absolute atomic E-state index is 0.298. The van der Waals surface area contributed by atoms with Crippen molar-refractivity contribution in [2.24, 2.45) is 0 Å². The van der Waals surface area contributed by atoms with Gasteiger partial charge in [-0.25, -0.2) is 4.79 Å². The van der Waals surface area contributed by atoms with Gasteiger partial charge in [0, 0.05) is 6.07 Å². The molecule has 2 heterocycles. The highest BCUT2D eigenvalue weighted by Crippen LogP contribution is 2.03. The van der Waals surface area contributed by atoms with Gasteiger partial charge in [-0.3, -0.25) is 5.32 Å². The summed E-state index contributed by atoms with van der Waals surface area (Å²) in [6.07, 6.45) is 2.99. The van der Waals surface area contributed by atoms with Crippen LogP contribution in [0.4, 0.5) is 10.7 Å². The lowest BCUT2D eigenvalue weighted by molar-refractivity contribution is 0.250. The fourth-order valence-corrected chi connectivity index (χ4v) is 1.02. The first-order valence-electron chi connectivity index (χ1n) is 4.32. The zero-order chi connectivity index (χ0) is 10.5. The van der Waals surface area contributed by atoms with Crippen molar-refractivity contribution in [3.8, 4) is 0 Å². The molecule has 0 radical (unpaired) electrons. The number of rotatable bonds is 3. The van der Waals surface area contributed by atoms with E-state index >= 15 is 0 Å². The third-order valence-electron chi connectivity index (χ3n) is 1.68. The van der Waals surface area contributed by atoms with Gasteiger partial charge in [-0.2, -0.15) is 0 Å². The lowest BCUT2D eigenvalue weighted by atomic mass is 10.4. The maximum atomic E-state index is 11.3. The first-order valence-corrected chi connectivity index (χ1v) is 4.32. The van der Waals surface area contributed by atoms with Crippen LogP contribution in [0, 0.1) is 0 Å². The summed E-state index contributed by atoms with van der Waals surface area (Å²) >= 11 is 0. The van der Waals surface area contributed by atoms with Crippen LogP contribution in [-0.2, 0) is 6.54 Å². The monoisotopic (exact) mass is 207 g/mol. The molecule has 2 N–H and O–H groups in total. The van der Waals surface area contributed by atoms with Crippen LogP contribution in [0.15, 0.2) is 39.6 Å². The Bertz CT molecular complexity index is 408. The van der Waals surface area contributed by atoms with E-state index in [2.05, 4.69) is 15.8 Å². The topological polar surface area (TPSA) is 80.3 Å². The second-order valence-electron chi connectivity index (χ2n) is 2.76. The van der Waals surface area contributed by atoms with Crippen LogP contribution in [0.2, 0.25) is 0 Å². The van der Waals surface area contributed by atoms with Gasteiger partial charge in [-0.1, -0.05) is 5.16 Å². The summed E-state index contributed by atoms with van der Waals surface area (Å²) in [5.41, 5.74) is 0. The molecule has 0 saturated heterocycles. The molecule has 0 unspecified atom stereocenters. The first kappa shape index (κ1) is 9.32. The van der Waals surface area contributed by atoms with Crippen molar-refractivity contribution >= 4 is 11.9 Å². The number of nitrogens with one attached hydrogen (secondary N) is 2. The van der Waals surface area contributed by atoms with E-state index < -0.39 is 0 Å². The van der Waals surface area contributed by atoms with Crippen LogP contribution in [0.25, 0.3) is 0 Å². The minimum atomic E-state index is -0.372. The normalized spacial score (nSPS) is 9.87. The molecule has 0 saturated carbocycles. The van der Waals surface area contributed by atoms with Gasteiger partial charge >= 0.3 is 6.03 Å². The molecule has 0 atom stereocenters. The Morgan fingerprint density at radius 2 is 2.40 bits per heavy atom. The SMILES string of the molecule is O=C(NCc1ccco1)Nc1ccno1. The van der Waals surface area contributed by atoms with E-state index in [0.717, 1.165) is 0 Å². The van der Waals surface area contributed by atoms with E-state index in [4.69, 9.17) is 8.94 Å². The van der Waals surface area contributed by atoms with E-state index in [9.17, 15) is 4.79 Å². The molecule has 78 valence electrons. The summed E-state index contributed by atoms with van der Waals surface area (Å²) < 4.78 is 9.74. The van der Waals surface area contributed by atoms with Gasteiger partial charge in [0.05, 0.1) is 19.0 Å². The zero-order valence-electron chi connectivity index (χ0n) is 7.77. The zero-order valence-corrected chi connectivity index (χ0v) is 7.77. The largest absolute Gasteiger partial charge is 0.467 e. The Balaban J connectivity index is 1.78. The van der Waals surface area contributed by atoms with Gasteiger partial charge in [-0.05, 0) is 12.1 Å². The van der Waals surface area contributed by atoms with Gasteiger partial charge in [0.1, 0.15) is 5.76 Å². The summed E-state index contributed by atoms with van der Waals surface area (Å²) in [5, 5.41) is 8.50. The maximum Gasteiger partial charge on any atom is 0.322 e. The highest BCUT2D eigenvalue weighted by molar-refractivity contribution is 5.87. The Hall–Kier alpha value is -2.24. The number of carbonyl (C=O) groups is 1. The maximum absolute atomic E-state index is 11.3. The number of aromatic nitrogens is 1. The summed E-state index contributed by atoms with van der Waals surface area (Å²) in [6, 6.07) is 4.70. The van der Waals surface area contributed by atoms with E-state index in [-0.39, 0.29) is 6.03 Å². The molecule has 2 amide bonds. The quantitative estimate of drug-likeness (QED) is 0.800. The number of amides is 2. The lowest BCUT2D eigenvalue weighted by Crippen LogP contribution is -2.27. The Labute approximate surface area is 85.2 Å². The van der Waals surface area contributed by atoms with Crippen molar-refractivity contribution in [1.29, 1.82) is 0 Å². The van der Waals surface area contributed by atoms with E-state index in [1.165, 1.54) is 6.20 Å². The number of urea groups is 1. The Morgan fingerprint density at radius 3 is 3.07 bits per heavy atom. The summed E-state index contributed by atoms with van der Waals surface area (Å²) in [4.78, 5) is 11.3. The van der Waals surface area contributed by atoms with Crippen molar-refractivity contribution < 1.29 is 13.7 Å². The molecule has 0 aliphatic rings. The average molecular weight is 207 g/mol. The van der Waals surface area contributed by atoms with Gasteiger partial charge in [0.15, 0.2) is 0 Å². The highest BCUT2D eigenvalue weighted by Gasteiger charge is 2.04. The lowest BCUT2D eigenvalue weighted by Gasteiger charge is -2.02. The minimum Gasteiger partial charge on any atom is -0.467 e. The molecule has 6 heteroatoms. The van der Waals surface area contributed by atoms with E-state index in [1.54, 1.807) is 24.5 Å². The second-order valence-corrected chi connectivity index (χ2v) is 2.76. The van der Waals surface area contributed by atoms with Crippen molar-refractivity contribution in [3.05, 3.63) is 36.4 Å². The number of nitrogens with zero attached hydrogens (tertiary/aromatic N) is 1. The molecule has 2 aromatic heterocycles. The van der Waals surface area contributed by atoms with Crippen LogP contribution < -0.4 is 10.6 Å². The molecular formula is C9H9N3O3. The van der Waals surface area contributed by atoms with Crippen LogP contribution in [0.1, 0.15) is 5.76 Å². The van der Waals surface area contributed by atoms with Crippen LogP contribution in [-0.4, -0.2) is 11.2 Å². The molecular weight excluding hydrogens is 198 g/mol. The van der Waals surface area contributed by atoms with Crippen molar-refractivity contribution in [2.75, 3.05) is 5.32 Å². The standard InChI is InChI=1S/C9H9N3O3/c13-9(12-8-3-4-11-15-8)10-6-7-2-1-5-14-7/h1-5H,6H2,(H2,10,12,13). The molecule has 0 fully saturated rings. The molecule has 0 aliphatic heterocycles. The van der Waals surface area contributed by atoms with Crippen LogP contribution >= 0.6 is 0 Å². The van der Waals surface area contributed by atoms with Gasteiger partial charge in [-0.15, -0.1) is 0 Å².